The Balaban J connectivity index is 0.00000193. The topological polar surface area (TPSA) is 127 Å². The average Bonchev–Trinajstić information content (AvgIpc) is 2.82. The number of benzene rings is 1. The Morgan fingerprint density at radius 1 is 1.12 bits per heavy atom. The quantitative estimate of drug-likeness (QED) is 0.192. The van der Waals surface area contributed by atoms with E-state index in [2.05, 4.69) is 4.98 Å². The van der Waals surface area contributed by atoms with Crippen molar-refractivity contribution in [2.45, 2.75) is 37.6 Å². The van der Waals surface area contributed by atoms with E-state index in [0.29, 0.717) is 5.82 Å². The highest BCUT2D eigenvalue weighted by molar-refractivity contribution is 5.86. The number of nitrogens with two attached hydrogens (primary N) is 2. The van der Waals surface area contributed by atoms with E-state index in [9.17, 15) is 0 Å². The van der Waals surface area contributed by atoms with Crippen molar-refractivity contribution in [2.24, 2.45) is 11.6 Å². The van der Waals surface area contributed by atoms with E-state index >= 15 is 0 Å². The van der Waals surface area contributed by atoms with Gasteiger partial charge < -0.3 is 10.5 Å². The Kier molecular flexibility index (Phi) is 11.5. The van der Waals surface area contributed by atoms with E-state index < -0.39 is 0 Å². The van der Waals surface area contributed by atoms with Crippen LogP contribution in [-0.4, -0.2) is 39.1 Å². The molecule has 8 nitrogen and oxygen atoms in total. The van der Waals surface area contributed by atoms with Gasteiger partial charge in [0.1, 0.15) is 5.75 Å². The third kappa shape index (κ3) is 6.48. The zero-order chi connectivity index (χ0) is 21.8. The summed E-state index contributed by atoms with van der Waals surface area (Å²) >= 11 is 0. The molecule has 1 aliphatic rings. The second-order valence-electron chi connectivity index (χ2n) is 7.72. The molecule has 0 saturated heterocycles. The summed E-state index contributed by atoms with van der Waals surface area (Å²) in [5, 5.41) is 10.1. The van der Waals surface area contributed by atoms with Crippen LogP contribution in [0.3, 0.4) is 0 Å². The summed E-state index contributed by atoms with van der Waals surface area (Å²) in [7, 11) is 1.65. The van der Waals surface area contributed by atoms with Crippen LogP contribution in [0.15, 0.2) is 42.7 Å². The van der Waals surface area contributed by atoms with Crippen LogP contribution in [0.5, 0.6) is 5.75 Å². The monoisotopic (exact) mass is 525 g/mol. The smallest absolute Gasteiger partial charge is 0.203 e. The van der Waals surface area contributed by atoms with E-state index in [4.69, 9.17) is 31.7 Å². The second-order valence-corrected chi connectivity index (χ2v) is 7.72. The molecule has 1 saturated carbocycles. The van der Waals surface area contributed by atoms with Crippen molar-refractivity contribution in [2.75, 3.05) is 7.11 Å². The maximum Gasteiger partial charge on any atom is 0.203 e. The first kappa shape index (κ1) is 29.4. The number of halogens is 3. The predicted molar refractivity (Wildman–Crippen MR) is 144 cm³/mol. The van der Waals surface area contributed by atoms with Gasteiger partial charge in [-0.2, -0.15) is 0 Å². The highest BCUT2D eigenvalue weighted by Crippen LogP contribution is 2.38. The fourth-order valence-corrected chi connectivity index (χ4v) is 4.22. The fourth-order valence-electron chi connectivity index (χ4n) is 4.22. The summed E-state index contributed by atoms with van der Waals surface area (Å²) in [6.45, 7) is 0. The standard InChI is InChI=1S/C23H27N7O.3ClH/c1-31-16-9-10-19-18(13-16)22(17-6-2-3-7-20(17)30(26)23(24)25)29-21(28-19)11-8-15-5-4-12-27-14-15;;;/h4-5,8-14,17,20H,2-3,6-7,26H2,1H3,(H3,24,25);3*1H/b11-8-;;;/t17-,20+;;;/m0.../s1. The SMILES string of the molecule is COc1ccc2nc(/C=C\c3cccnc3)nc([C@H]3CCCC[C@H]3N(N)C(=N)N)c2c1.Cl.Cl.Cl. The highest BCUT2D eigenvalue weighted by atomic mass is 35.5. The van der Waals surface area contributed by atoms with Crippen LogP contribution in [0.1, 0.15) is 48.7 Å². The molecule has 2 aromatic heterocycles. The number of fused-ring (bicyclic) bond motifs is 1. The zero-order valence-electron chi connectivity index (χ0n) is 18.8. The van der Waals surface area contributed by atoms with Crippen molar-refractivity contribution in [1.29, 1.82) is 5.41 Å². The molecular weight excluding hydrogens is 497 g/mol. The number of aromatic nitrogens is 3. The number of rotatable bonds is 5. The van der Waals surface area contributed by atoms with Gasteiger partial charge in [0.2, 0.25) is 5.96 Å². The highest BCUT2D eigenvalue weighted by Gasteiger charge is 2.33. The molecule has 0 spiro atoms. The first-order chi connectivity index (χ1) is 15.1. The Morgan fingerprint density at radius 2 is 1.88 bits per heavy atom. The Morgan fingerprint density at radius 3 is 2.56 bits per heavy atom. The van der Waals surface area contributed by atoms with Crippen LogP contribution in [0.2, 0.25) is 0 Å². The van der Waals surface area contributed by atoms with Crippen molar-refractivity contribution in [3.8, 4) is 5.75 Å². The third-order valence-corrected chi connectivity index (χ3v) is 5.78. The Labute approximate surface area is 217 Å². The van der Waals surface area contributed by atoms with Crippen molar-refractivity contribution in [1.82, 2.24) is 20.0 Å². The van der Waals surface area contributed by atoms with Gasteiger partial charge >= 0.3 is 0 Å². The lowest BCUT2D eigenvalue weighted by Gasteiger charge is -2.37. The lowest BCUT2D eigenvalue weighted by Crippen LogP contribution is -2.52. The molecule has 0 unspecified atom stereocenters. The number of methoxy groups -OCH3 is 1. The number of hydrogen-bond acceptors (Lipinski definition) is 6. The van der Waals surface area contributed by atoms with Gasteiger partial charge in [0.15, 0.2) is 5.82 Å². The van der Waals surface area contributed by atoms with Crippen molar-refractivity contribution >= 4 is 66.2 Å². The molecule has 1 fully saturated rings. The fraction of sp³-hybridized carbons (Fsp3) is 0.304. The van der Waals surface area contributed by atoms with Gasteiger partial charge in [0.25, 0.3) is 0 Å². The molecule has 2 heterocycles. The van der Waals surface area contributed by atoms with Crippen LogP contribution in [-0.2, 0) is 0 Å². The van der Waals surface area contributed by atoms with E-state index in [1.807, 2.05) is 42.5 Å². The minimum absolute atomic E-state index is 0. The molecular formula is C23H30Cl3N7O. The largest absolute Gasteiger partial charge is 0.497 e. The third-order valence-electron chi connectivity index (χ3n) is 5.78. The first-order valence-electron chi connectivity index (χ1n) is 10.4. The van der Waals surface area contributed by atoms with Gasteiger partial charge in [0.05, 0.1) is 24.4 Å². The number of nitrogens with zero attached hydrogens (tertiary/aromatic N) is 4. The minimum Gasteiger partial charge on any atom is -0.497 e. The molecule has 184 valence electrons. The number of hydrazine groups is 1. The average molecular weight is 527 g/mol. The molecule has 5 N–H and O–H groups in total. The number of ether oxygens (including phenoxy) is 1. The van der Waals surface area contributed by atoms with E-state index in [1.54, 1.807) is 19.5 Å². The molecule has 0 bridgehead atoms. The molecule has 1 aromatic carbocycles. The van der Waals surface area contributed by atoms with Gasteiger partial charge in [-0.25, -0.2) is 15.8 Å². The van der Waals surface area contributed by atoms with Crippen LogP contribution in [0, 0.1) is 5.41 Å². The van der Waals surface area contributed by atoms with Crippen molar-refractivity contribution in [3.05, 3.63) is 59.8 Å². The summed E-state index contributed by atoms with van der Waals surface area (Å²) in [6, 6.07) is 9.60. The van der Waals surface area contributed by atoms with Gasteiger partial charge in [-0.1, -0.05) is 18.9 Å². The normalized spacial score (nSPS) is 17.2. The lowest BCUT2D eigenvalue weighted by molar-refractivity contribution is 0.212. The van der Waals surface area contributed by atoms with Crippen LogP contribution >= 0.6 is 37.2 Å². The van der Waals surface area contributed by atoms with E-state index in [-0.39, 0.29) is 55.1 Å². The lowest BCUT2D eigenvalue weighted by atomic mass is 9.80. The van der Waals surface area contributed by atoms with Crippen molar-refractivity contribution in [3.63, 3.8) is 0 Å². The van der Waals surface area contributed by atoms with Gasteiger partial charge in [0, 0.05) is 23.7 Å². The summed E-state index contributed by atoms with van der Waals surface area (Å²) in [5.41, 5.74) is 8.45. The van der Waals surface area contributed by atoms with E-state index in [0.717, 1.165) is 53.6 Å². The summed E-state index contributed by atoms with van der Waals surface area (Å²) in [6.07, 6.45) is 11.3. The molecule has 4 rings (SSSR count). The summed E-state index contributed by atoms with van der Waals surface area (Å²) in [4.78, 5) is 13.8. The Bertz CT molecular complexity index is 1110. The molecule has 34 heavy (non-hydrogen) atoms. The first-order valence-corrected chi connectivity index (χ1v) is 10.4. The van der Waals surface area contributed by atoms with Crippen LogP contribution in [0.4, 0.5) is 0 Å². The number of hydrogen-bond donors (Lipinski definition) is 3. The minimum atomic E-state index is -0.135. The predicted octanol–water partition coefficient (Wildman–Crippen LogP) is 4.56. The molecule has 0 amide bonds. The molecule has 0 radical (unpaired) electrons. The summed E-state index contributed by atoms with van der Waals surface area (Å²) < 4.78 is 5.45. The van der Waals surface area contributed by atoms with Gasteiger partial charge in [-0.15, -0.1) is 37.2 Å². The zero-order valence-corrected chi connectivity index (χ0v) is 21.2. The van der Waals surface area contributed by atoms with Crippen molar-refractivity contribution < 1.29 is 4.74 Å². The second kappa shape index (κ2) is 13.3. The molecule has 2 atom stereocenters. The van der Waals surface area contributed by atoms with Crippen LogP contribution in [0.25, 0.3) is 23.1 Å². The molecule has 1 aliphatic carbocycles. The molecule has 0 aliphatic heterocycles. The maximum atomic E-state index is 7.83. The number of guanidine groups is 1. The van der Waals surface area contributed by atoms with Crippen LogP contribution < -0.4 is 16.3 Å². The Hall–Kier alpha value is -2.65. The van der Waals surface area contributed by atoms with Gasteiger partial charge in [-0.3, -0.25) is 15.4 Å². The van der Waals surface area contributed by atoms with E-state index in [1.165, 1.54) is 5.01 Å². The number of pyridine rings is 1. The molecule has 3 aromatic rings. The van der Waals surface area contributed by atoms with Gasteiger partial charge in [-0.05, 0) is 54.8 Å². The maximum absolute atomic E-state index is 7.83. The number of nitrogens with one attached hydrogen (secondary N) is 1. The summed E-state index contributed by atoms with van der Waals surface area (Å²) in [5.74, 6) is 7.45. The molecule has 11 heteroatoms.